The number of ether oxygens (including phenoxy) is 1. The SMILES string of the molecule is CCN(CC)C(C)C(Oc1ccc(Cl)cc1)C(=O)O.Cl. The van der Waals surface area contributed by atoms with Crippen LogP contribution in [0.5, 0.6) is 5.75 Å². The molecule has 4 nitrogen and oxygen atoms in total. The van der Waals surface area contributed by atoms with E-state index >= 15 is 0 Å². The minimum Gasteiger partial charge on any atom is -0.478 e. The molecule has 0 amide bonds. The standard InChI is InChI=1S/C14H20ClNO3.ClH/c1-4-16(5-2)10(3)13(14(17)18)19-12-8-6-11(15)7-9-12;/h6-10,13H,4-5H2,1-3H3,(H,17,18);1H. The van der Waals surface area contributed by atoms with Crippen molar-refractivity contribution >= 4 is 30.0 Å². The number of aliphatic carboxylic acids is 1. The van der Waals surface area contributed by atoms with Gasteiger partial charge in [0.25, 0.3) is 0 Å². The van der Waals surface area contributed by atoms with Gasteiger partial charge in [-0.15, -0.1) is 12.4 Å². The van der Waals surface area contributed by atoms with Gasteiger partial charge in [0, 0.05) is 5.02 Å². The molecule has 6 heteroatoms. The molecule has 1 rings (SSSR count). The summed E-state index contributed by atoms with van der Waals surface area (Å²) in [7, 11) is 0. The van der Waals surface area contributed by atoms with Crippen LogP contribution in [0.2, 0.25) is 5.02 Å². The summed E-state index contributed by atoms with van der Waals surface area (Å²) in [4.78, 5) is 13.4. The topological polar surface area (TPSA) is 49.8 Å². The molecule has 0 aliphatic heterocycles. The molecule has 2 atom stereocenters. The first-order chi connectivity index (χ1) is 8.99. The molecule has 0 bridgehead atoms. The lowest BCUT2D eigenvalue weighted by atomic mass is 10.1. The number of carboxylic acid groups (broad SMARTS) is 1. The Bertz CT molecular complexity index is 407. The zero-order chi connectivity index (χ0) is 14.4. The minimum atomic E-state index is -0.964. The maximum Gasteiger partial charge on any atom is 0.346 e. The largest absolute Gasteiger partial charge is 0.478 e. The van der Waals surface area contributed by atoms with Gasteiger partial charge in [-0.2, -0.15) is 0 Å². The Balaban J connectivity index is 0.00000361. The van der Waals surface area contributed by atoms with Crippen LogP contribution in [0.3, 0.4) is 0 Å². The zero-order valence-electron chi connectivity index (χ0n) is 11.9. The van der Waals surface area contributed by atoms with E-state index in [9.17, 15) is 9.90 Å². The molecule has 0 aliphatic carbocycles. The van der Waals surface area contributed by atoms with Crippen LogP contribution in [-0.2, 0) is 4.79 Å². The number of rotatable bonds is 7. The summed E-state index contributed by atoms with van der Waals surface area (Å²) in [5, 5.41) is 9.92. The van der Waals surface area contributed by atoms with Gasteiger partial charge in [-0.25, -0.2) is 4.79 Å². The van der Waals surface area contributed by atoms with Crippen molar-refractivity contribution in [2.24, 2.45) is 0 Å². The number of hydrogen-bond donors (Lipinski definition) is 1. The van der Waals surface area contributed by atoms with E-state index in [2.05, 4.69) is 4.90 Å². The molecule has 1 N–H and O–H groups in total. The van der Waals surface area contributed by atoms with Gasteiger partial charge in [-0.05, 0) is 44.3 Å². The Hall–Kier alpha value is -0.970. The maximum atomic E-state index is 11.4. The Labute approximate surface area is 131 Å². The molecule has 1 aromatic carbocycles. The van der Waals surface area contributed by atoms with E-state index in [4.69, 9.17) is 16.3 Å². The molecule has 0 saturated heterocycles. The summed E-state index contributed by atoms with van der Waals surface area (Å²) in [6, 6.07) is 6.50. The highest BCUT2D eigenvalue weighted by molar-refractivity contribution is 6.30. The minimum absolute atomic E-state index is 0. The number of carboxylic acids is 1. The van der Waals surface area contributed by atoms with Gasteiger partial charge in [0.15, 0.2) is 0 Å². The van der Waals surface area contributed by atoms with Gasteiger partial charge in [-0.3, -0.25) is 4.90 Å². The quantitative estimate of drug-likeness (QED) is 0.837. The Morgan fingerprint density at radius 2 is 1.80 bits per heavy atom. The summed E-state index contributed by atoms with van der Waals surface area (Å²) in [5.41, 5.74) is 0. The fourth-order valence-electron chi connectivity index (χ4n) is 2.01. The van der Waals surface area contributed by atoms with Gasteiger partial charge in [-0.1, -0.05) is 25.4 Å². The van der Waals surface area contributed by atoms with Crippen LogP contribution in [0.1, 0.15) is 20.8 Å². The number of hydrogen-bond acceptors (Lipinski definition) is 3. The van der Waals surface area contributed by atoms with Crippen molar-refractivity contribution in [1.82, 2.24) is 4.90 Å². The molecule has 0 heterocycles. The molecule has 0 aromatic heterocycles. The van der Waals surface area contributed by atoms with E-state index in [1.165, 1.54) is 0 Å². The zero-order valence-corrected chi connectivity index (χ0v) is 13.4. The third-order valence-electron chi connectivity index (χ3n) is 3.15. The first-order valence-corrected chi connectivity index (χ1v) is 6.76. The molecule has 0 saturated carbocycles. The summed E-state index contributed by atoms with van der Waals surface area (Å²) >= 11 is 5.79. The number of nitrogens with zero attached hydrogens (tertiary/aromatic N) is 1. The summed E-state index contributed by atoms with van der Waals surface area (Å²) in [5.74, 6) is -0.454. The second-order valence-electron chi connectivity index (χ2n) is 4.29. The normalized spacial score (nSPS) is 13.4. The van der Waals surface area contributed by atoms with Crippen LogP contribution < -0.4 is 4.74 Å². The maximum absolute atomic E-state index is 11.4. The van der Waals surface area contributed by atoms with Crippen LogP contribution in [-0.4, -0.2) is 41.2 Å². The smallest absolute Gasteiger partial charge is 0.346 e. The summed E-state index contributed by atoms with van der Waals surface area (Å²) < 4.78 is 5.58. The van der Waals surface area contributed by atoms with E-state index in [0.29, 0.717) is 10.8 Å². The lowest BCUT2D eigenvalue weighted by Gasteiger charge is -2.31. The number of carbonyl (C=O) groups is 1. The molecule has 0 aliphatic rings. The molecule has 1 aromatic rings. The van der Waals surface area contributed by atoms with Gasteiger partial charge < -0.3 is 9.84 Å². The molecule has 20 heavy (non-hydrogen) atoms. The van der Waals surface area contributed by atoms with E-state index in [-0.39, 0.29) is 18.4 Å². The fraction of sp³-hybridized carbons (Fsp3) is 0.500. The van der Waals surface area contributed by atoms with Gasteiger partial charge in [0.2, 0.25) is 6.10 Å². The van der Waals surface area contributed by atoms with E-state index < -0.39 is 12.1 Å². The average Bonchev–Trinajstić information content (AvgIpc) is 2.38. The van der Waals surface area contributed by atoms with Crippen LogP contribution in [0, 0.1) is 0 Å². The highest BCUT2D eigenvalue weighted by atomic mass is 35.5. The fourth-order valence-corrected chi connectivity index (χ4v) is 2.13. The molecule has 0 spiro atoms. The first-order valence-electron chi connectivity index (χ1n) is 6.38. The van der Waals surface area contributed by atoms with Crippen molar-refractivity contribution in [3.05, 3.63) is 29.3 Å². The molecular weight excluding hydrogens is 301 g/mol. The van der Waals surface area contributed by atoms with E-state index in [0.717, 1.165) is 13.1 Å². The highest BCUT2D eigenvalue weighted by Gasteiger charge is 2.30. The predicted molar refractivity (Wildman–Crippen MR) is 83.1 cm³/mol. The van der Waals surface area contributed by atoms with Crippen molar-refractivity contribution in [1.29, 1.82) is 0 Å². The lowest BCUT2D eigenvalue weighted by Crippen LogP contribution is -2.48. The van der Waals surface area contributed by atoms with Crippen molar-refractivity contribution in [3.63, 3.8) is 0 Å². The molecule has 0 radical (unpaired) electrons. The Kier molecular flexibility index (Phi) is 8.62. The highest BCUT2D eigenvalue weighted by Crippen LogP contribution is 2.19. The predicted octanol–water partition coefficient (Wildman–Crippen LogP) is 3.32. The molecule has 0 fully saturated rings. The molecule has 114 valence electrons. The monoisotopic (exact) mass is 321 g/mol. The summed E-state index contributed by atoms with van der Waals surface area (Å²) in [6.07, 6.45) is -0.902. The Morgan fingerprint density at radius 1 is 1.30 bits per heavy atom. The third-order valence-corrected chi connectivity index (χ3v) is 3.40. The van der Waals surface area contributed by atoms with Gasteiger partial charge in [0.1, 0.15) is 5.75 Å². The molecule has 2 unspecified atom stereocenters. The number of halogens is 2. The average molecular weight is 322 g/mol. The first kappa shape index (κ1) is 19.0. The van der Waals surface area contributed by atoms with Crippen LogP contribution in [0.4, 0.5) is 0 Å². The third kappa shape index (κ3) is 5.19. The van der Waals surface area contributed by atoms with Crippen molar-refractivity contribution in [2.45, 2.75) is 32.9 Å². The lowest BCUT2D eigenvalue weighted by molar-refractivity contribution is -0.148. The number of likely N-dealkylation sites (N-methyl/N-ethyl adjacent to an activating group) is 1. The van der Waals surface area contributed by atoms with Crippen LogP contribution >= 0.6 is 24.0 Å². The second-order valence-corrected chi connectivity index (χ2v) is 4.73. The van der Waals surface area contributed by atoms with Crippen molar-refractivity contribution < 1.29 is 14.6 Å². The Morgan fingerprint density at radius 3 is 2.20 bits per heavy atom. The van der Waals surface area contributed by atoms with Crippen molar-refractivity contribution in [3.8, 4) is 5.75 Å². The van der Waals surface area contributed by atoms with Crippen LogP contribution in [0.15, 0.2) is 24.3 Å². The summed E-state index contributed by atoms with van der Waals surface area (Å²) in [6.45, 7) is 7.43. The van der Waals surface area contributed by atoms with Gasteiger partial charge in [0.05, 0.1) is 6.04 Å². The van der Waals surface area contributed by atoms with Crippen LogP contribution in [0.25, 0.3) is 0 Å². The molecular formula is C14H21Cl2NO3. The van der Waals surface area contributed by atoms with Gasteiger partial charge >= 0.3 is 5.97 Å². The van der Waals surface area contributed by atoms with Crippen molar-refractivity contribution in [2.75, 3.05) is 13.1 Å². The van der Waals surface area contributed by atoms with E-state index in [1.54, 1.807) is 24.3 Å². The van der Waals surface area contributed by atoms with E-state index in [1.807, 2.05) is 20.8 Å². The number of benzene rings is 1. The second kappa shape index (κ2) is 9.06.